The number of thiol groups is 1. The average molecular weight is 226 g/mol. The van der Waals surface area contributed by atoms with Gasteiger partial charge in [0.15, 0.2) is 0 Å². The fourth-order valence-electron chi connectivity index (χ4n) is 1.10. The molecule has 1 heterocycles. The molecular weight excluding hydrogens is 222 g/mol. The molecule has 0 unspecified atom stereocenters. The van der Waals surface area contributed by atoms with Crippen molar-refractivity contribution >= 4 is 45.7 Å². The summed E-state index contributed by atoms with van der Waals surface area (Å²) in [6, 6.07) is 7.65. The van der Waals surface area contributed by atoms with Crippen LogP contribution in [0.4, 0.5) is 0 Å². The molecule has 0 saturated carbocycles. The van der Waals surface area contributed by atoms with Gasteiger partial charge in [0, 0.05) is 9.60 Å². The summed E-state index contributed by atoms with van der Waals surface area (Å²) in [5.74, 6) is 0. The molecule has 0 bridgehead atoms. The van der Waals surface area contributed by atoms with E-state index in [4.69, 9.17) is 16.9 Å². The number of nitrogens with zero attached hydrogens (tertiary/aromatic N) is 1. The van der Waals surface area contributed by atoms with Crippen molar-refractivity contribution in [1.29, 1.82) is 5.26 Å². The summed E-state index contributed by atoms with van der Waals surface area (Å²) in [6.07, 6.45) is 0. The number of hydrogen-bond acceptors (Lipinski definition) is 3. The normalized spacial score (nSPS) is 10.2. The molecule has 0 fully saturated rings. The Labute approximate surface area is 90.0 Å². The lowest BCUT2D eigenvalue weighted by Gasteiger charge is -1.94. The molecule has 0 N–H and O–H groups in total. The lowest BCUT2D eigenvalue weighted by atomic mass is 10.2. The van der Waals surface area contributed by atoms with Gasteiger partial charge in [-0.15, -0.1) is 24.0 Å². The third-order valence-corrected chi connectivity index (χ3v) is 3.51. The van der Waals surface area contributed by atoms with E-state index in [2.05, 4.69) is 18.7 Å². The highest BCUT2D eigenvalue weighted by Gasteiger charge is 2.04. The van der Waals surface area contributed by atoms with E-state index < -0.39 is 0 Å². The highest BCUT2D eigenvalue weighted by atomic mass is 35.5. The minimum absolute atomic E-state index is 0.623. The van der Waals surface area contributed by atoms with Crippen LogP contribution in [0.3, 0.4) is 0 Å². The molecule has 1 nitrogen and oxygen atoms in total. The molecular formula is C9H4ClNS2. The van der Waals surface area contributed by atoms with E-state index in [1.165, 1.54) is 11.3 Å². The molecule has 2 rings (SSSR count). The van der Waals surface area contributed by atoms with Crippen LogP contribution in [0, 0.1) is 11.3 Å². The second kappa shape index (κ2) is 3.22. The molecule has 0 spiro atoms. The molecule has 0 saturated heterocycles. The molecule has 13 heavy (non-hydrogen) atoms. The average Bonchev–Trinajstić information content (AvgIpc) is 2.48. The molecule has 64 valence electrons. The SMILES string of the molecule is N#Cc1cc2cc(Cl)c(S)cc2s1. The number of halogens is 1. The topological polar surface area (TPSA) is 23.8 Å². The first-order valence-corrected chi connectivity index (χ1v) is 5.17. The maximum Gasteiger partial charge on any atom is 0.110 e. The monoisotopic (exact) mass is 225 g/mol. The fourth-order valence-corrected chi connectivity index (χ4v) is 2.44. The van der Waals surface area contributed by atoms with Gasteiger partial charge < -0.3 is 0 Å². The van der Waals surface area contributed by atoms with Gasteiger partial charge in [-0.3, -0.25) is 0 Å². The van der Waals surface area contributed by atoms with Crippen molar-refractivity contribution in [3.63, 3.8) is 0 Å². The molecule has 0 aliphatic carbocycles. The third kappa shape index (κ3) is 1.53. The molecule has 0 atom stereocenters. The van der Waals surface area contributed by atoms with Crippen LogP contribution in [0.25, 0.3) is 10.1 Å². The van der Waals surface area contributed by atoms with E-state index in [1.807, 2.05) is 18.2 Å². The van der Waals surface area contributed by atoms with Gasteiger partial charge in [-0.25, -0.2) is 0 Å². The van der Waals surface area contributed by atoms with Crippen LogP contribution in [0.5, 0.6) is 0 Å². The Bertz CT molecular complexity index is 471. The zero-order valence-electron chi connectivity index (χ0n) is 6.41. The van der Waals surface area contributed by atoms with Crippen LogP contribution >= 0.6 is 35.6 Å². The lowest BCUT2D eigenvalue weighted by Crippen LogP contribution is -1.68. The fraction of sp³-hybridized carbons (Fsp3) is 0. The predicted octanol–water partition coefficient (Wildman–Crippen LogP) is 3.72. The number of benzene rings is 1. The van der Waals surface area contributed by atoms with Crippen LogP contribution in [-0.4, -0.2) is 0 Å². The third-order valence-electron chi connectivity index (χ3n) is 1.70. The molecule has 1 aromatic heterocycles. The van der Waals surface area contributed by atoms with Gasteiger partial charge >= 0.3 is 0 Å². The number of hydrogen-bond donors (Lipinski definition) is 1. The Morgan fingerprint density at radius 1 is 1.38 bits per heavy atom. The summed E-state index contributed by atoms with van der Waals surface area (Å²) in [4.78, 5) is 1.45. The molecule has 1 aromatic carbocycles. The van der Waals surface area contributed by atoms with Crippen LogP contribution in [-0.2, 0) is 0 Å². The van der Waals surface area contributed by atoms with E-state index >= 15 is 0 Å². The minimum Gasteiger partial charge on any atom is -0.192 e. The van der Waals surface area contributed by atoms with Crippen molar-refractivity contribution in [2.75, 3.05) is 0 Å². The highest BCUT2D eigenvalue weighted by molar-refractivity contribution is 7.80. The number of nitriles is 1. The summed E-state index contributed by atoms with van der Waals surface area (Å²) in [7, 11) is 0. The van der Waals surface area contributed by atoms with Gasteiger partial charge in [-0.1, -0.05) is 11.6 Å². The zero-order chi connectivity index (χ0) is 9.42. The van der Waals surface area contributed by atoms with E-state index in [0.29, 0.717) is 9.90 Å². The summed E-state index contributed by atoms with van der Waals surface area (Å²) in [5, 5.41) is 10.3. The first kappa shape index (κ1) is 8.89. The second-order valence-corrected chi connectivity index (χ2v) is 4.54. The van der Waals surface area contributed by atoms with Crippen LogP contribution < -0.4 is 0 Å². The predicted molar refractivity (Wildman–Crippen MR) is 58.8 cm³/mol. The van der Waals surface area contributed by atoms with Gasteiger partial charge in [0.1, 0.15) is 10.9 Å². The standard InChI is InChI=1S/C9H4ClNS2/c10-7-2-5-1-6(4-11)13-9(5)3-8(7)12/h1-3,12H. The molecule has 4 heteroatoms. The van der Waals surface area contributed by atoms with Crippen molar-refractivity contribution in [2.24, 2.45) is 0 Å². The summed E-state index contributed by atoms with van der Waals surface area (Å²) in [6.45, 7) is 0. The molecule has 0 aliphatic rings. The van der Waals surface area contributed by atoms with Gasteiger partial charge in [-0.05, 0) is 23.6 Å². The summed E-state index contributed by atoms with van der Waals surface area (Å²) >= 11 is 11.5. The molecule has 2 aromatic rings. The van der Waals surface area contributed by atoms with Crippen molar-refractivity contribution in [3.8, 4) is 6.07 Å². The first-order valence-electron chi connectivity index (χ1n) is 3.53. The number of rotatable bonds is 0. The van der Waals surface area contributed by atoms with E-state index in [1.54, 1.807) is 0 Å². The molecule has 0 aliphatic heterocycles. The smallest absolute Gasteiger partial charge is 0.110 e. The van der Waals surface area contributed by atoms with Gasteiger partial charge in [0.25, 0.3) is 0 Å². The van der Waals surface area contributed by atoms with Crippen molar-refractivity contribution in [3.05, 3.63) is 28.1 Å². The van der Waals surface area contributed by atoms with E-state index in [9.17, 15) is 0 Å². The zero-order valence-corrected chi connectivity index (χ0v) is 8.88. The van der Waals surface area contributed by atoms with Crippen LogP contribution in [0.15, 0.2) is 23.1 Å². The molecule has 0 radical (unpaired) electrons. The summed E-state index contributed by atoms with van der Waals surface area (Å²) < 4.78 is 1.05. The maximum atomic E-state index is 8.69. The maximum absolute atomic E-state index is 8.69. The highest BCUT2D eigenvalue weighted by Crippen LogP contribution is 2.31. The molecule has 0 amide bonds. The number of fused-ring (bicyclic) bond motifs is 1. The van der Waals surface area contributed by atoms with Gasteiger partial charge in [0.2, 0.25) is 0 Å². The van der Waals surface area contributed by atoms with Crippen molar-refractivity contribution in [1.82, 2.24) is 0 Å². The van der Waals surface area contributed by atoms with E-state index in [0.717, 1.165) is 15.0 Å². The van der Waals surface area contributed by atoms with Crippen molar-refractivity contribution in [2.45, 2.75) is 4.90 Å². The number of thiophene rings is 1. The van der Waals surface area contributed by atoms with Gasteiger partial charge in [-0.2, -0.15) is 5.26 Å². The Hall–Kier alpha value is -0.690. The van der Waals surface area contributed by atoms with Crippen LogP contribution in [0.1, 0.15) is 4.88 Å². The van der Waals surface area contributed by atoms with Crippen LogP contribution in [0.2, 0.25) is 5.02 Å². The minimum atomic E-state index is 0.623. The Morgan fingerprint density at radius 3 is 2.85 bits per heavy atom. The van der Waals surface area contributed by atoms with E-state index in [-0.39, 0.29) is 0 Å². The van der Waals surface area contributed by atoms with Crippen molar-refractivity contribution < 1.29 is 0 Å². The quantitative estimate of drug-likeness (QED) is 0.679. The Kier molecular flexibility index (Phi) is 2.20. The van der Waals surface area contributed by atoms with Gasteiger partial charge in [0.05, 0.1) is 5.02 Å². The summed E-state index contributed by atoms with van der Waals surface area (Å²) in [5.41, 5.74) is 0. The Morgan fingerprint density at radius 2 is 2.15 bits per heavy atom. The lowest BCUT2D eigenvalue weighted by molar-refractivity contribution is 1.52. The largest absolute Gasteiger partial charge is 0.192 e. The Balaban J connectivity index is 2.79. The second-order valence-electron chi connectivity index (χ2n) is 2.56. The first-order chi connectivity index (χ1) is 6.20.